The van der Waals surface area contributed by atoms with E-state index in [1.165, 1.54) is 51.4 Å². The van der Waals surface area contributed by atoms with E-state index >= 15 is 0 Å². The molecule has 0 radical (unpaired) electrons. The fourth-order valence-corrected chi connectivity index (χ4v) is 4.57. The van der Waals surface area contributed by atoms with Crippen molar-refractivity contribution >= 4 is 12.2 Å². The van der Waals surface area contributed by atoms with Gasteiger partial charge in [0.1, 0.15) is 0 Å². The van der Waals surface area contributed by atoms with E-state index in [9.17, 15) is 0 Å². The van der Waals surface area contributed by atoms with Gasteiger partial charge in [-0.3, -0.25) is 9.59 Å². The van der Waals surface area contributed by atoms with Gasteiger partial charge in [0.25, 0.3) is 0 Å². The molecule has 170 valence electrons. The first-order valence-electron chi connectivity index (χ1n) is 10.9. The maximum atomic E-state index is 8.24. The number of nitrogens with zero attached hydrogens (tertiary/aromatic N) is 2. The summed E-state index contributed by atoms with van der Waals surface area (Å²) in [6, 6.07) is 2.65. The Hall–Kier alpha value is -0.921. The Morgan fingerprint density at radius 1 is 0.533 bits per heavy atom. The van der Waals surface area contributed by atoms with E-state index in [-0.39, 0.29) is 17.1 Å². The molecule has 3 aliphatic rings. The minimum absolute atomic E-state index is 0. The average molecular weight is 463 g/mol. The second-order valence-electron chi connectivity index (χ2n) is 7.74. The number of hydrogen-bond acceptors (Lipinski definition) is 7. The van der Waals surface area contributed by atoms with Crippen LogP contribution in [0.3, 0.4) is 0 Å². The molecule has 1 aliphatic heterocycles. The Morgan fingerprint density at radius 3 is 1.03 bits per heavy atom. The summed E-state index contributed by atoms with van der Waals surface area (Å²) in [5, 5.41) is 32.3. The van der Waals surface area contributed by atoms with Crippen molar-refractivity contribution in [1.29, 1.82) is 0 Å². The molecule has 5 N–H and O–H groups in total. The molecule has 2 saturated carbocycles. The molecule has 0 amide bonds. The summed E-state index contributed by atoms with van der Waals surface area (Å²) < 4.78 is 0. The molecule has 30 heavy (non-hydrogen) atoms. The molecule has 2 aliphatic carbocycles. The van der Waals surface area contributed by atoms with Crippen LogP contribution in [-0.2, 0) is 26.7 Å². The van der Waals surface area contributed by atoms with Gasteiger partial charge in [-0.15, -0.1) is 0 Å². The Morgan fingerprint density at radius 2 is 0.767 bits per heavy atom. The normalized spacial score (nSPS) is 30.1. The first-order valence-corrected chi connectivity index (χ1v) is 10.9. The molecule has 1 heterocycles. The van der Waals surface area contributed by atoms with Crippen molar-refractivity contribution in [1.82, 2.24) is 26.6 Å². The zero-order chi connectivity index (χ0) is 21.2. The van der Waals surface area contributed by atoms with Crippen molar-refractivity contribution in [2.75, 3.05) is 39.3 Å². The maximum absolute atomic E-state index is 8.24. The summed E-state index contributed by atoms with van der Waals surface area (Å²) >= 11 is 0. The summed E-state index contributed by atoms with van der Waals surface area (Å²) in [6.07, 6.45) is 11.9. The zero-order valence-electron chi connectivity index (χ0n) is 17.8. The summed E-state index contributed by atoms with van der Waals surface area (Å²) in [7, 11) is 0. The Kier molecular flexibility index (Phi) is 19.4. The first kappa shape index (κ1) is 29.1. The third kappa shape index (κ3) is 12.7. The van der Waals surface area contributed by atoms with Gasteiger partial charge in [0.2, 0.25) is 0 Å². The predicted molar refractivity (Wildman–Crippen MR) is 115 cm³/mol. The predicted octanol–water partition coefficient (Wildman–Crippen LogP) is 0.351. The maximum Gasteiger partial charge on any atom is 3.00 e. The van der Waals surface area contributed by atoms with Crippen molar-refractivity contribution in [3.05, 3.63) is 10.8 Å². The summed E-state index contributed by atoms with van der Waals surface area (Å²) in [5.74, 6) is 0. The number of hydrogen-bond donors (Lipinski definition) is 5. The van der Waals surface area contributed by atoms with Gasteiger partial charge in [0.15, 0.2) is 0 Å². The Balaban J connectivity index is 0.00000108. The third-order valence-electron chi connectivity index (χ3n) is 5.89. The third-order valence-corrected chi connectivity index (χ3v) is 5.89. The minimum Gasteiger partial charge on any atom is -0.724 e. The summed E-state index contributed by atoms with van der Waals surface area (Å²) in [4.78, 5) is 16.5. The molecular weight excluding hydrogens is 425 g/mol. The van der Waals surface area contributed by atoms with E-state index in [2.05, 4.69) is 26.6 Å². The van der Waals surface area contributed by atoms with Gasteiger partial charge in [0.05, 0.1) is 0 Å². The molecular formula is C20H37MnN7O2+. The molecule has 4 unspecified atom stereocenters. The van der Waals surface area contributed by atoms with Gasteiger partial charge in [0, 0.05) is 63.4 Å². The number of carbonyl (C=O) groups excluding carboxylic acids is 2. The van der Waals surface area contributed by atoms with Crippen LogP contribution < -0.4 is 26.6 Å². The Bertz CT molecular complexity index is 444. The topological polar surface area (TPSA) is 139 Å². The monoisotopic (exact) mass is 462 g/mol. The van der Waals surface area contributed by atoms with Crippen LogP contribution in [0.5, 0.6) is 0 Å². The van der Waals surface area contributed by atoms with Crippen molar-refractivity contribution in [2.45, 2.75) is 75.5 Å². The quantitative estimate of drug-likeness (QED) is 0.199. The molecule has 0 spiro atoms. The van der Waals surface area contributed by atoms with Crippen LogP contribution >= 0.6 is 0 Å². The number of rotatable bonds is 0. The van der Waals surface area contributed by atoms with Gasteiger partial charge in [-0.2, -0.15) is 0 Å². The van der Waals surface area contributed by atoms with E-state index in [1.807, 2.05) is 0 Å². The van der Waals surface area contributed by atoms with E-state index < -0.39 is 0 Å². The number of nitrogens with one attached hydrogen (secondary N) is 5. The molecule has 4 atom stereocenters. The number of isocyanates is 2. The molecule has 0 bridgehead atoms. The second-order valence-corrected chi connectivity index (χ2v) is 7.74. The standard InChI is InChI=1S/C18H37N5.2CNO.Mn/c1-3-7-17-15(5-1)20-11-9-19-10-12-21-16-6-2-4-8-18(16)23-14-13-22-17;2*2-1-3;/h15-23H,1-14H2;;;/q;2*-1;+3. The minimum atomic E-state index is 0. The van der Waals surface area contributed by atoms with Crippen molar-refractivity contribution in [3.63, 3.8) is 0 Å². The fraction of sp³-hybridized carbons (Fsp3) is 0.900. The molecule has 0 aromatic heterocycles. The van der Waals surface area contributed by atoms with Crippen molar-refractivity contribution in [2.24, 2.45) is 0 Å². The van der Waals surface area contributed by atoms with E-state index in [4.69, 9.17) is 20.4 Å². The summed E-state index contributed by atoms with van der Waals surface area (Å²) in [5.41, 5.74) is 0. The van der Waals surface area contributed by atoms with Crippen LogP contribution in [0.4, 0.5) is 0 Å². The van der Waals surface area contributed by atoms with Crippen molar-refractivity contribution < 1.29 is 26.7 Å². The molecule has 10 heteroatoms. The van der Waals surface area contributed by atoms with E-state index in [1.54, 1.807) is 0 Å². The summed E-state index contributed by atoms with van der Waals surface area (Å²) in [6.45, 7) is 6.55. The Labute approximate surface area is 191 Å². The van der Waals surface area contributed by atoms with Gasteiger partial charge in [-0.25, -0.2) is 0 Å². The van der Waals surface area contributed by atoms with Gasteiger partial charge < -0.3 is 37.4 Å². The van der Waals surface area contributed by atoms with Crippen LogP contribution in [0, 0.1) is 0 Å². The van der Waals surface area contributed by atoms with Crippen LogP contribution in [0.25, 0.3) is 10.8 Å². The van der Waals surface area contributed by atoms with Crippen LogP contribution in [0.2, 0.25) is 0 Å². The molecule has 1 saturated heterocycles. The van der Waals surface area contributed by atoms with Gasteiger partial charge in [-0.05, 0) is 37.8 Å². The molecule has 0 aromatic carbocycles. The van der Waals surface area contributed by atoms with Crippen LogP contribution in [-0.4, -0.2) is 75.6 Å². The van der Waals surface area contributed by atoms with Gasteiger partial charge in [-0.1, -0.05) is 25.7 Å². The second kappa shape index (κ2) is 20.0. The fourth-order valence-electron chi connectivity index (χ4n) is 4.57. The molecule has 0 aromatic rings. The average Bonchev–Trinajstić information content (AvgIpc) is 2.73. The molecule has 3 rings (SSSR count). The van der Waals surface area contributed by atoms with Gasteiger partial charge >= 0.3 is 17.1 Å². The van der Waals surface area contributed by atoms with Crippen molar-refractivity contribution in [3.8, 4) is 0 Å². The smallest absolute Gasteiger partial charge is 0.724 e. The van der Waals surface area contributed by atoms with Crippen LogP contribution in [0.15, 0.2) is 0 Å². The first-order chi connectivity index (χ1) is 14.3. The molecule has 9 nitrogen and oxygen atoms in total. The van der Waals surface area contributed by atoms with E-state index in [0.29, 0.717) is 36.3 Å². The van der Waals surface area contributed by atoms with Crippen LogP contribution in [0.1, 0.15) is 51.4 Å². The molecule has 3 fully saturated rings. The van der Waals surface area contributed by atoms with E-state index in [0.717, 1.165) is 39.3 Å². The SMILES string of the molecule is C1CCC2NCCNC3CCCCC3NCCNCCNC2C1.[Mn+3].[N-]=C=O.[N-]=C=O. The zero-order valence-corrected chi connectivity index (χ0v) is 19.0. The largest absolute Gasteiger partial charge is 3.00 e. The number of fused-ring (bicyclic) bond motifs is 2.